The number of likely N-dealkylation sites (tertiary alicyclic amines) is 1. The van der Waals surface area contributed by atoms with E-state index in [9.17, 15) is 4.79 Å². The summed E-state index contributed by atoms with van der Waals surface area (Å²) in [4.78, 5) is 14.0. The lowest BCUT2D eigenvalue weighted by molar-refractivity contribution is -0.131. The van der Waals surface area contributed by atoms with Crippen LogP contribution in [0.25, 0.3) is 0 Å². The van der Waals surface area contributed by atoms with Gasteiger partial charge in [0.2, 0.25) is 5.91 Å². The molecule has 4 heteroatoms. The van der Waals surface area contributed by atoms with Gasteiger partial charge in [-0.15, -0.1) is 0 Å². The molecule has 2 rings (SSSR count). The summed E-state index contributed by atoms with van der Waals surface area (Å²) in [6.07, 6.45) is 1.42. The minimum absolute atomic E-state index is 0.0903. The molecule has 1 saturated heterocycles. The lowest BCUT2D eigenvalue weighted by Gasteiger charge is -2.22. The summed E-state index contributed by atoms with van der Waals surface area (Å²) in [6.45, 7) is 6.82. The van der Waals surface area contributed by atoms with Crippen LogP contribution in [-0.4, -0.2) is 37.0 Å². The molecule has 110 valence electrons. The molecule has 1 aliphatic rings. The SMILES string of the molecule is Cc1cccc(OCCC(=O)N2CCC(C)(CN)C2)c1. The van der Waals surface area contributed by atoms with E-state index in [1.165, 1.54) is 0 Å². The number of rotatable bonds is 5. The van der Waals surface area contributed by atoms with Crippen molar-refractivity contribution in [2.24, 2.45) is 11.1 Å². The molecule has 4 nitrogen and oxygen atoms in total. The fourth-order valence-corrected chi connectivity index (χ4v) is 2.52. The van der Waals surface area contributed by atoms with Gasteiger partial charge in [-0.2, -0.15) is 0 Å². The Bertz CT molecular complexity index is 475. The molecule has 1 heterocycles. The molecule has 1 atom stereocenters. The normalized spacial score (nSPS) is 22.1. The number of carbonyl (C=O) groups excluding carboxylic acids is 1. The molecule has 0 bridgehead atoms. The van der Waals surface area contributed by atoms with Gasteiger partial charge in [-0.25, -0.2) is 0 Å². The average molecular weight is 276 g/mol. The highest BCUT2D eigenvalue weighted by Crippen LogP contribution is 2.28. The first-order chi connectivity index (χ1) is 9.52. The van der Waals surface area contributed by atoms with Crippen LogP contribution >= 0.6 is 0 Å². The molecule has 0 aliphatic carbocycles. The molecule has 1 aromatic carbocycles. The molecule has 20 heavy (non-hydrogen) atoms. The largest absolute Gasteiger partial charge is 0.493 e. The van der Waals surface area contributed by atoms with Crippen molar-refractivity contribution in [3.63, 3.8) is 0 Å². The van der Waals surface area contributed by atoms with Crippen LogP contribution in [0.15, 0.2) is 24.3 Å². The first kappa shape index (κ1) is 14.9. The number of aryl methyl sites for hydroxylation is 1. The van der Waals surface area contributed by atoms with Crippen molar-refractivity contribution < 1.29 is 9.53 Å². The third kappa shape index (κ3) is 3.73. The first-order valence-corrected chi connectivity index (χ1v) is 7.20. The van der Waals surface area contributed by atoms with E-state index in [4.69, 9.17) is 10.5 Å². The Morgan fingerprint density at radius 1 is 1.50 bits per heavy atom. The zero-order valence-electron chi connectivity index (χ0n) is 12.4. The van der Waals surface area contributed by atoms with Gasteiger partial charge in [0.15, 0.2) is 0 Å². The smallest absolute Gasteiger partial charge is 0.226 e. The van der Waals surface area contributed by atoms with Crippen molar-refractivity contribution in [2.75, 3.05) is 26.2 Å². The number of benzene rings is 1. The minimum Gasteiger partial charge on any atom is -0.493 e. The molecule has 2 N–H and O–H groups in total. The van der Waals surface area contributed by atoms with E-state index >= 15 is 0 Å². The number of hydrogen-bond acceptors (Lipinski definition) is 3. The van der Waals surface area contributed by atoms with Crippen LogP contribution in [0.3, 0.4) is 0 Å². The summed E-state index contributed by atoms with van der Waals surface area (Å²) in [5, 5.41) is 0. The summed E-state index contributed by atoms with van der Waals surface area (Å²) in [7, 11) is 0. The van der Waals surface area contributed by atoms with Gasteiger partial charge in [-0.1, -0.05) is 19.1 Å². The zero-order valence-corrected chi connectivity index (χ0v) is 12.4. The van der Waals surface area contributed by atoms with Crippen LogP contribution in [0.4, 0.5) is 0 Å². The van der Waals surface area contributed by atoms with Crippen LogP contribution in [0.5, 0.6) is 5.75 Å². The fraction of sp³-hybridized carbons (Fsp3) is 0.562. The lowest BCUT2D eigenvalue weighted by Crippen LogP contribution is -2.35. The van der Waals surface area contributed by atoms with Crippen molar-refractivity contribution in [3.8, 4) is 5.75 Å². The number of amides is 1. The number of nitrogens with two attached hydrogens (primary N) is 1. The third-order valence-corrected chi connectivity index (χ3v) is 3.98. The van der Waals surface area contributed by atoms with Gasteiger partial charge >= 0.3 is 0 Å². The Hall–Kier alpha value is -1.55. The lowest BCUT2D eigenvalue weighted by atomic mass is 9.90. The monoisotopic (exact) mass is 276 g/mol. The topological polar surface area (TPSA) is 55.6 Å². The maximum Gasteiger partial charge on any atom is 0.226 e. The highest BCUT2D eigenvalue weighted by atomic mass is 16.5. The summed E-state index contributed by atoms with van der Waals surface area (Å²) in [6, 6.07) is 7.88. The molecule has 1 aromatic rings. The second-order valence-electron chi connectivity index (χ2n) is 6.00. The van der Waals surface area contributed by atoms with Crippen molar-refractivity contribution in [3.05, 3.63) is 29.8 Å². The second-order valence-corrected chi connectivity index (χ2v) is 6.00. The molecule has 0 aromatic heterocycles. The van der Waals surface area contributed by atoms with Gasteiger partial charge in [0.05, 0.1) is 13.0 Å². The quantitative estimate of drug-likeness (QED) is 0.894. The molecular weight excluding hydrogens is 252 g/mol. The molecule has 0 spiro atoms. The maximum atomic E-state index is 12.1. The molecule has 0 radical (unpaired) electrons. The summed E-state index contributed by atoms with van der Waals surface area (Å²) in [5.41, 5.74) is 7.01. The Balaban J connectivity index is 1.76. The second kappa shape index (κ2) is 6.27. The standard InChI is InChI=1S/C16H24N2O2/c1-13-4-3-5-14(10-13)20-9-6-15(19)18-8-7-16(2,11-17)12-18/h3-5,10H,6-9,11-12,17H2,1-2H3. The number of carbonyl (C=O) groups is 1. The summed E-state index contributed by atoms with van der Waals surface area (Å²) in [5.74, 6) is 0.987. The molecule has 1 amide bonds. The Morgan fingerprint density at radius 2 is 2.30 bits per heavy atom. The number of nitrogens with zero attached hydrogens (tertiary/aromatic N) is 1. The van der Waals surface area contributed by atoms with Crippen molar-refractivity contribution >= 4 is 5.91 Å². The zero-order chi connectivity index (χ0) is 14.6. The first-order valence-electron chi connectivity index (χ1n) is 7.20. The molecule has 1 fully saturated rings. The highest BCUT2D eigenvalue weighted by molar-refractivity contribution is 5.76. The van der Waals surface area contributed by atoms with Crippen LogP contribution in [0.2, 0.25) is 0 Å². The van der Waals surface area contributed by atoms with Crippen molar-refractivity contribution in [2.45, 2.75) is 26.7 Å². The third-order valence-electron chi connectivity index (χ3n) is 3.98. The Morgan fingerprint density at radius 3 is 2.95 bits per heavy atom. The van der Waals surface area contributed by atoms with Gasteiger partial charge in [-0.05, 0) is 43.0 Å². The van der Waals surface area contributed by atoms with Gasteiger partial charge in [0.1, 0.15) is 5.75 Å². The van der Waals surface area contributed by atoms with Crippen molar-refractivity contribution in [1.82, 2.24) is 4.90 Å². The van der Waals surface area contributed by atoms with Crippen LogP contribution in [0, 0.1) is 12.3 Å². The van der Waals surface area contributed by atoms with Gasteiger partial charge in [0, 0.05) is 13.1 Å². The van der Waals surface area contributed by atoms with E-state index in [1.807, 2.05) is 36.1 Å². The van der Waals surface area contributed by atoms with Gasteiger partial charge in [0.25, 0.3) is 0 Å². The van der Waals surface area contributed by atoms with Crippen LogP contribution < -0.4 is 10.5 Å². The van der Waals surface area contributed by atoms with E-state index in [1.54, 1.807) is 0 Å². The summed E-state index contributed by atoms with van der Waals surface area (Å²) < 4.78 is 5.62. The number of hydrogen-bond donors (Lipinski definition) is 1. The highest BCUT2D eigenvalue weighted by Gasteiger charge is 2.34. The Labute approximate surface area is 120 Å². The van der Waals surface area contributed by atoms with Gasteiger partial charge in [-0.3, -0.25) is 4.79 Å². The minimum atomic E-state index is 0.0903. The van der Waals surface area contributed by atoms with E-state index in [0.29, 0.717) is 19.6 Å². The van der Waals surface area contributed by atoms with Crippen LogP contribution in [0.1, 0.15) is 25.3 Å². The molecular formula is C16H24N2O2. The Kier molecular flexibility index (Phi) is 4.65. The van der Waals surface area contributed by atoms with Gasteiger partial charge < -0.3 is 15.4 Å². The van der Waals surface area contributed by atoms with E-state index in [2.05, 4.69) is 6.92 Å². The summed E-state index contributed by atoms with van der Waals surface area (Å²) >= 11 is 0. The molecule has 1 aliphatic heterocycles. The molecule has 0 saturated carbocycles. The number of ether oxygens (including phenoxy) is 1. The van der Waals surface area contributed by atoms with E-state index < -0.39 is 0 Å². The predicted molar refractivity (Wildman–Crippen MR) is 79.6 cm³/mol. The maximum absolute atomic E-state index is 12.1. The fourth-order valence-electron chi connectivity index (χ4n) is 2.52. The molecule has 1 unspecified atom stereocenters. The van der Waals surface area contributed by atoms with E-state index in [0.717, 1.165) is 30.8 Å². The van der Waals surface area contributed by atoms with E-state index in [-0.39, 0.29) is 11.3 Å². The predicted octanol–water partition coefficient (Wildman–Crippen LogP) is 1.96. The van der Waals surface area contributed by atoms with Crippen LogP contribution in [-0.2, 0) is 4.79 Å². The van der Waals surface area contributed by atoms with Crippen molar-refractivity contribution in [1.29, 1.82) is 0 Å². The average Bonchev–Trinajstić information content (AvgIpc) is 2.82.